The van der Waals surface area contributed by atoms with Gasteiger partial charge in [-0.25, -0.2) is 9.97 Å². The first-order valence-electron chi connectivity index (χ1n) is 5.87. The van der Waals surface area contributed by atoms with Crippen molar-refractivity contribution in [2.75, 3.05) is 0 Å². The summed E-state index contributed by atoms with van der Waals surface area (Å²) in [6, 6.07) is 5.80. The lowest BCUT2D eigenvalue weighted by Gasteiger charge is -2.06. The summed E-state index contributed by atoms with van der Waals surface area (Å²) in [7, 11) is 0. The molecule has 3 rings (SSSR count). The first kappa shape index (κ1) is 12.9. The van der Waals surface area contributed by atoms with Crippen molar-refractivity contribution in [3.05, 3.63) is 45.6 Å². The minimum atomic E-state index is 0.378. The van der Waals surface area contributed by atoms with Crippen molar-refractivity contribution < 1.29 is 0 Å². The van der Waals surface area contributed by atoms with Gasteiger partial charge in [0.2, 0.25) is 0 Å². The number of hydrogen-bond donors (Lipinski definition) is 0. The Balaban J connectivity index is 1.99. The number of aromatic nitrogens is 3. The van der Waals surface area contributed by atoms with Gasteiger partial charge in [0.1, 0.15) is 11.3 Å². The predicted octanol–water partition coefficient (Wildman–Crippen LogP) is 4.13. The summed E-state index contributed by atoms with van der Waals surface area (Å²) in [6.45, 7) is 0.812. The second-order valence-electron chi connectivity index (χ2n) is 4.10. The van der Waals surface area contributed by atoms with Crippen LogP contribution in [-0.2, 0) is 18.8 Å². The third-order valence-electron chi connectivity index (χ3n) is 2.96. The van der Waals surface area contributed by atoms with E-state index in [1.54, 1.807) is 11.3 Å². The molecule has 6 heteroatoms. The van der Waals surface area contributed by atoms with E-state index in [2.05, 4.69) is 14.5 Å². The third kappa shape index (κ3) is 2.48. The number of fused-ring (bicyclic) bond motifs is 1. The molecule has 0 aliphatic heterocycles. The highest BCUT2D eigenvalue weighted by molar-refractivity contribution is 7.09. The van der Waals surface area contributed by atoms with Gasteiger partial charge in [-0.05, 0) is 12.1 Å². The van der Waals surface area contributed by atoms with Crippen LogP contribution in [0.25, 0.3) is 11.0 Å². The highest BCUT2D eigenvalue weighted by Crippen LogP contribution is 2.25. The molecule has 0 spiro atoms. The molecular formula is C13H11Cl2N3S. The fourth-order valence-electron chi connectivity index (χ4n) is 2.10. The minimum Gasteiger partial charge on any atom is -0.327 e. The maximum absolute atomic E-state index is 6.17. The van der Waals surface area contributed by atoms with Crippen LogP contribution in [0, 0.1) is 0 Å². The van der Waals surface area contributed by atoms with Crippen LogP contribution in [-0.4, -0.2) is 14.5 Å². The Kier molecular flexibility index (Phi) is 3.73. The number of imidazole rings is 1. The van der Waals surface area contributed by atoms with Crippen molar-refractivity contribution in [3.8, 4) is 0 Å². The van der Waals surface area contributed by atoms with Crippen LogP contribution in [0.15, 0.2) is 29.8 Å². The first-order valence-corrected chi connectivity index (χ1v) is 7.67. The average molecular weight is 312 g/mol. The third-order valence-corrected chi connectivity index (χ3v) is 4.34. The molecule has 19 heavy (non-hydrogen) atoms. The summed E-state index contributed by atoms with van der Waals surface area (Å²) >= 11 is 13.8. The molecule has 0 aliphatic carbocycles. The van der Waals surface area contributed by atoms with Crippen molar-refractivity contribution in [3.63, 3.8) is 0 Å². The quantitative estimate of drug-likeness (QED) is 0.678. The van der Waals surface area contributed by atoms with Crippen LogP contribution in [0.3, 0.4) is 0 Å². The van der Waals surface area contributed by atoms with Crippen LogP contribution >= 0.6 is 34.5 Å². The number of nitrogens with zero attached hydrogens (tertiary/aromatic N) is 3. The zero-order valence-corrected chi connectivity index (χ0v) is 12.3. The molecule has 0 N–H and O–H groups in total. The first-order chi connectivity index (χ1) is 9.29. The van der Waals surface area contributed by atoms with Crippen LogP contribution in [0.2, 0.25) is 5.02 Å². The second-order valence-corrected chi connectivity index (χ2v) is 5.75. The Morgan fingerprint density at radius 2 is 2.21 bits per heavy atom. The van der Waals surface area contributed by atoms with Crippen LogP contribution < -0.4 is 0 Å². The molecule has 0 atom stereocenters. The van der Waals surface area contributed by atoms with E-state index in [1.807, 2.05) is 29.8 Å². The van der Waals surface area contributed by atoms with E-state index in [4.69, 9.17) is 23.2 Å². The van der Waals surface area contributed by atoms with Gasteiger partial charge < -0.3 is 4.57 Å². The second kappa shape index (κ2) is 5.49. The smallest absolute Gasteiger partial charge is 0.124 e. The minimum absolute atomic E-state index is 0.378. The van der Waals surface area contributed by atoms with E-state index in [0.29, 0.717) is 10.9 Å². The SMILES string of the molecule is ClCc1nc2c(Cl)cccc2n1CCc1nccs1. The maximum atomic E-state index is 6.17. The van der Waals surface area contributed by atoms with Crippen LogP contribution in [0.4, 0.5) is 0 Å². The molecule has 0 unspecified atom stereocenters. The molecule has 2 heterocycles. The molecule has 0 amide bonds. The van der Waals surface area contributed by atoms with E-state index in [-0.39, 0.29) is 0 Å². The molecular weight excluding hydrogens is 301 g/mol. The molecule has 1 aromatic carbocycles. The molecule has 3 nitrogen and oxygen atoms in total. The van der Waals surface area contributed by atoms with Crippen molar-refractivity contribution in [1.29, 1.82) is 0 Å². The Hall–Kier alpha value is -1.10. The van der Waals surface area contributed by atoms with E-state index in [9.17, 15) is 0 Å². The molecule has 0 radical (unpaired) electrons. The van der Waals surface area contributed by atoms with Gasteiger partial charge in [-0.15, -0.1) is 22.9 Å². The summed E-state index contributed by atoms with van der Waals surface area (Å²) in [5, 5.41) is 3.77. The number of benzene rings is 1. The molecule has 0 fully saturated rings. The van der Waals surface area contributed by atoms with Gasteiger partial charge in [0.25, 0.3) is 0 Å². The largest absolute Gasteiger partial charge is 0.327 e. The number of para-hydroxylation sites is 1. The van der Waals surface area contributed by atoms with Gasteiger partial charge in [-0.3, -0.25) is 0 Å². The zero-order valence-electron chi connectivity index (χ0n) is 10.0. The van der Waals surface area contributed by atoms with Crippen molar-refractivity contribution in [2.45, 2.75) is 18.8 Å². The van der Waals surface area contributed by atoms with E-state index >= 15 is 0 Å². The Morgan fingerprint density at radius 1 is 1.32 bits per heavy atom. The number of alkyl halides is 1. The van der Waals surface area contributed by atoms with Crippen molar-refractivity contribution in [2.24, 2.45) is 0 Å². The maximum Gasteiger partial charge on any atom is 0.124 e. The summed E-state index contributed by atoms with van der Waals surface area (Å²) < 4.78 is 2.12. The number of aryl methyl sites for hydroxylation is 2. The fraction of sp³-hybridized carbons (Fsp3) is 0.231. The Morgan fingerprint density at radius 3 is 2.95 bits per heavy atom. The predicted molar refractivity (Wildman–Crippen MR) is 80.1 cm³/mol. The average Bonchev–Trinajstić information content (AvgIpc) is 3.03. The van der Waals surface area contributed by atoms with Crippen molar-refractivity contribution >= 4 is 45.6 Å². The topological polar surface area (TPSA) is 30.7 Å². The van der Waals surface area contributed by atoms with Crippen LogP contribution in [0.1, 0.15) is 10.8 Å². The van der Waals surface area contributed by atoms with E-state index < -0.39 is 0 Å². The normalized spacial score (nSPS) is 11.3. The summed E-state index contributed by atoms with van der Waals surface area (Å²) in [6.07, 6.45) is 2.70. The highest BCUT2D eigenvalue weighted by atomic mass is 35.5. The van der Waals surface area contributed by atoms with Gasteiger partial charge in [-0.1, -0.05) is 17.7 Å². The molecule has 2 aromatic heterocycles. The summed E-state index contributed by atoms with van der Waals surface area (Å²) in [5.41, 5.74) is 1.85. The molecule has 0 bridgehead atoms. The highest BCUT2D eigenvalue weighted by Gasteiger charge is 2.12. The Bertz CT molecular complexity index is 691. The van der Waals surface area contributed by atoms with Crippen LogP contribution in [0.5, 0.6) is 0 Å². The Labute approximate surface area is 124 Å². The summed E-state index contributed by atoms with van der Waals surface area (Å²) in [5.74, 6) is 1.23. The van der Waals surface area contributed by atoms with Gasteiger partial charge >= 0.3 is 0 Å². The van der Waals surface area contributed by atoms with Crippen molar-refractivity contribution in [1.82, 2.24) is 14.5 Å². The lowest BCUT2D eigenvalue weighted by molar-refractivity contribution is 0.685. The molecule has 0 aliphatic rings. The summed E-state index contributed by atoms with van der Waals surface area (Å²) in [4.78, 5) is 8.81. The van der Waals surface area contributed by atoms with Gasteiger partial charge in [-0.2, -0.15) is 0 Å². The van der Waals surface area contributed by atoms with Gasteiger partial charge in [0.05, 0.1) is 21.4 Å². The lowest BCUT2D eigenvalue weighted by Crippen LogP contribution is -2.04. The standard InChI is InChI=1S/C13H11Cl2N3S/c14-8-11-17-13-9(15)2-1-3-10(13)18(11)6-4-12-16-5-7-19-12/h1-3,5,7H,4,6,8H2. The number of hydrogen-bond acceptors (Lipinski definition) is 3. The molecule has 3 aromatic rings. The van der Waals surface area contributed by atoms with Gasteiger partial charge in [0.15, 0.2) is 0 Å². The monoisotopic (exact) mass is 311 g/mol. The zero-order chi connectivity index (χ0) is 13.2. The number of halogens is 2. The number of rotatable bonds is 4. The molecule has 98 valence electrons. The van der Waals surface area contributed by atoms with Gasteiger partial charge in [0, 0.05) is 24.5 Å². The van der Waals surface area contributed by atoms with E-state index in [1.165, 1.54) is 0 Å². The fourth-order valence-corrected chi connectivity index (χ4v) is 3.12. The molecule has 0 saturated carbocycles. The molecule has 0 saturated heterocycles. The lowest BCUT2D eigenvalue weighted by atomic mass is 10.3. The van der Waals surface area contributed by atoms with E-state index in [0.717, 1.165) is 34.8 Å². The number of thiazole rings is 1.